The summed E-state index contributed by atoms with van der Waals surface area (Å²) in [7, 11) is 0. The quantitative estimate of drug-likeness (QED) is 0.285. The highest BCUT2D eigenvalue weighted by Crippen LogP contribution is 2.35. The molecular formula is C21H11F4N3OS. The predicted molar refractivity (Wildman–Crippen MR) is 109 cm³/mol. The van der Waals surface area contributed by atoms with Crippen LogP contribution in [0.25, 0.3) is 31.8 Å². The van der Waals surface area contributed by atoms with Crippen LogP contribution < -0.4 is 11.0 Å². The highest BCUT2D eigenvalue weighted by atomic mass is 32.1. The zero-order valence-electron chi connectivity index (χ0n) is 15.0. The lowest BCUT2D eigenvalue weighted by Gasteiger charge is -2.14. The van der Waals surface area contributed by atoms with E-state index in [9.17, 15) is 22.4 Å². The highest BCUT2D eigenvalue weighted by molar-refractivity contribution is 7.18. The second-order valence-electron chi connectivity index (χ2n) is 6.69. The van der Waals surface area contributed by atoms with Crippen LogP contribution in [-0.2, 0) is 6.18 Å². The van der Waals surface area contributed by atoms with Crippen molar-refractivity contribution in [1.82, 2.24) is 9.66 Å². The first-order valence-electron chi connectivity index (χ1n) is 8.77. The number of rotatable bonds is 2. The van der Waals surface area contributed by atoms with Gasteiger partial charge in [-0.1, -0.05) is 6.07 Å². The van der Waals surface area contributed by atoms with Gasteiger partial charge in [0, 0.05) is 22.4 Å². The molecule has 3 aromatic carbocycles. The minimum absolute atomic E-state index is 0.0978. The van der Waals surface area contributed by atoms with Gasteiger partial charge in [-0.3, -0.25) is 10.2 Å². The maximum atomic E-state index is 14.0. The van der Waals surface area contributed by atoms with Crippen molar-refractivity contribution in [2.45, 2.75) is 6.18 Å². The van der Waals surface area contributed by atoms with Crippen LogP contribution in [0, 0.1) is 5.82 Å². The molecular weight excluding hydrogens is 418 g/mol. The number of anilines is 1. The maximum absolute atomic E-state index is 14.0. The molecule has 0 unspecified atom stereocenters. The van der Waals surface area contributed by atoms with Crippen molar-refractivity contribution in [3.05, 3.63) is 82.0 Å². The lowest BCUT2D eigenvalue weighted by molar-refractivity contribution is -0.137. The normalized spacial score (nSPS) is 12.1. The lowest BCUT2D eigenvalue weighted by atomic mass is 10.0. The Kier molecular flexibility index (Phi) is 4.04. The molecule has 2 heterocycles. The Morgan fingerprint density at radius 1 is 1.00 bits per heavy atom. The summed E-state index contributed by atoms with van der Waals surface area (Å²) in [5.41, 5.74) is 3.78. The molecule has 2 aromatic heterocycles. The first-order valence-corrected chi connectivity index (χ1v) is 9.65. The number of pyridine rings is 1. The number of alkyl halides is 3. The van der Waals surface area contributed by atoms with Crippen molar-refractivity contribution in [1.29, 1.82) is 0 Å². The molecule has 0 aliphatic heterocycles. The van der Waals surface area contributed by atoms with Gasteiger partial charge in [0.2, 0.25) is 0 Å². The number of thiazole rings is 1. The summed E-state index contributed by atoms with van der Waals surface area (Å²) in [6.45, 7) is 0. The number of nitrogens with zero attached hydrogens (tertiary/aromatic N) is 2. The zero-order chi connectivity index (χ0) is 21.0. The van der Waals surface area contributed by atoms with Gasteiger partial charge in [0.1, 0.15) is 5.82 Å². The van der Waals surface area contributed by atoms with E-state index in [0.717, 1.165) is 21.5 Å². The molecule has 0 saturated heterocycles. The lowest BCUT2D eigenvalue weighted by Crippen LogP contribution is -2.26. The number of halogens is 4. The van der Waals surface area contributed by atoms with Gasteiger partial charge in [0.05, 0.1) is 32.4 Å². The second-order valence-corrected chi connectivity index (χ2v) is 7.54. The molecule has 0 bridgehead atoms. The van der Waals surface area contributed by atoms with E-state index in [2.05, 4.69) is 10.4 Å². The summed E-state index contributed by atoms with van der Waals surface area (Å²) in [5, 5.41) is 1.91. The standard InChI is InChI=1S/C21H11F4N3OS/c22-12-4-5-14-16(9-12)17-15(19-18(14)26-10-30-19)6-7-28(20(17)29)27-13-3-1-2-11(8-13)21(23,24)25/h1-10,27H. The Morgan fingerprint density at radius 2 is 1.83 bits per heavy atom. The molecule has 0 spiro atoms. The number of hydrogen-bond acceptors (Lipinski definition) is 4. The van der Waals surface area contributed by atoms with Gasteiger partial charge in [0.15, 0.2) is 0 Å². The Balaban J connectivity index is 1.75. The van der Waals surface area contributed by atoms with Crippen molar-refractivity contribution in [3.63, 3.8) is 0 Å². The maximum Gasteiger partial charge on any atom is 0.416 e. The van der Waals surface area contributed by atoms with Gasteiger partial charge in [-0.2, -0.15) is 13.2 Å². The monoisotopic (exact) mass is 429 g/mol. The third kappa shape index (κ3) is 2.89. The molecule has 0 radical (unpaired) electrons. The summed E-state index contributed by atoms with van der Waals surface area (Å²) < 4.78 is 54.8. The largest absolute Gasteiger partial charge is 0.416 e. The molecule has 5 aromatic rings. The van der Waals surface area contributed by atoms with E-state index in [-0.39, 0.29) is 11.1 Å². The van der Waals surface area contributed by atoms with Gasteiger partial charge >= 0.3 is 6.18 Å². The Labute approximate surface area is 170 Å². The average Bonchev–Trinajstić information content (AvgIpc) is 3.19. The number of hydrogen-bond donors (Lipinski definition) is 1. The third-order valence-corrected chi connectivity index (χ3v) is 5.71. The minimum Gasteiger partial charge on any atom is -0.292 e. The second kappa shape index (κ2) is 6.53. The van der Waals surface area contributed by atoms with Crippen molar-refractivity contribution < 1.29 is 17.6 Å². The molecule has 0 amide bonds. The molecule has 4 nitrogen and oxygen atoms in total. The van der Waals surface area contributed by atoms with Crippen LogP contribution in [0.15, 0.2) is 65.0 Å². The summed E-state index contributed by atoms with van der Waals surface area (Å²) >= 11 is 1.36. The fraction of sp³-hybridized carbons (Fsp3) is 0.0476. The van der Waals surface area contributed by atoms with E-state index in [0.29, 0.717) is 21.7 Å². The summed E-state index contributed by atoms with van der Waals surface area (Å²) in [6, 6.07) is 10.4. The van der Waals surface area contributed by atoms with Crippen molar-refractivity contribution in [2.24, 2.45) is 0 Å². The van der Waals surface area contributed by atoms with Gasteiger partial charge in [-0.05, 0) is 42.5 Å². The Morgan fingerprint density at radius 3 is 2.63 bits per heavy atom. The van der Waals surface area contributed by atoms with Crippen LogP contribution in [0.2, 0.25) is 0 Å². The van der Waals surface area contributed by atoms with Crippen LogP contribution in [0.4, 0.5) is 23.2 Å². The van der Waals surface area contributed by atoms with Gasteiger partial charge in [-0.25, -0.2) is 14.1 Å². The van der Waals surface area contributed by atoms with E-state index in [1.807, 2.05) is 0 Å². The van der Waals surface area contributed by atoms with Gasteiger partial charge in [-0.15, -0.1) is 11.3 Å². The first kappa shape index (κ1) is 18.6. The van der Waals surface area contributed by atoms with Crippen LogP contribution in [-0.4, -0.2) is 9.66 Å². The third-order valence-electron chi connectivity index (χ3n) is 4.85. The van der Waals surface area contributed by atoms with Crippen molar-refractivity contribution >= 4 is 48.8 Å². The Hall–Kier alpha value is -3.46. The topological polar surface area (TPSA) is 46.9 Å². The van der Waals surface area contributed by atoms with Gasteiger partial charge in [0.25, 0.3) is 5.56 Å². The van der Waals surface area contributed by atoms with Gasteiger partial charge < -0.3 is 0 Å². The number of nitrogens with one attached hydrogen (secondary N) is 1. The van der Waals surface area contributed by atoms with Crippen LogP contribution in [0.5, 0.6) is 0 Å². The zero-order valence-corrected chi connectivity index (χ0v) is 15.8. The minimum atomic E-state index is -4.50. The molecule has 9 heteroatoms. The van der Waals surface area contributed by atoms with E-state index in [1.54, 1.807) is 17.6 Å². The molecule has 30 heavy (non-hydrogen) atoms. The summed E-state index contributed by atoms with van der Waals surface area (Å²) in [6.07, 6.45) is -3.06. The predicted octanol–water partition coefficient (Wildman–Crippen LogP) is 5.80. The highest BCUT2D eigenvalue weighted by Gasteiger charge is 2.30. The number of aromatic nitrogens is 2. The molecule has 0 aliphatic rings. The van der Waals surface area contributed by atoms with E-state index in [4.69, 9.17) is 0 Å². The van der Waals surface area contributed by atoms with Crippen LogP contribution >= 0.6 is 11.3 Å². The average molecular weight is 429 g/mol. The molecule has 0 atom stereocenters. The molecule has 5 rings (SSSR count). The summed E-state index contributed by atoms with van der Waals surface area (Å²) in [5.74, 6) is -0.501. The fourth-order valence-corrected chi connectivity index (χ4v) is 4.37. The summed E-state index contributed by atoms with van der Waals surface area (Å²) in [4.78, 5) is 17.6. The van der Waals surface area contributed by atoms with Crippen molar-refractivity contribution in [2.75, 3.05) is 5.43 Å². The number of benzene rings is 3. The molecule has 150 valence electrons. The fourth-order valence-electron chi connectivity index (χ4n) is 3.54. The van der Waals surface area contributed by atoms with Crippen LogP contribution in [0.1, 0.15) is 5.56 Å². The smallest absolute Gasteiger partial charge is 0.292 e. The van der Waals surface area contributed by atoms with E-state index < -0.39 is 23.1 Å². The van der Waals surface area contributed by atoms with E-state index >= 15 is 0 Å². The molecule has 0 aliphatic carbocycles. The Bertz CT molecular complexity index is 1500. The molecule has 0 saturated carbocycles. The number of fused-ring (bicyclic) bond motifs is 6. The SMILES string of the molecule is O=c1c2c3cc(F)ccc3c3ncsc3c2ccn1Nc1cccc(C(F)(F)F)c1. The van der Waals surface area contributed by atoms with Crippen LogP contribution in [0.3, 0.4) is 0 Å². The van der Waals surface area contributed by atoms with E-state index in [1.165, 1.54) is 41.8 Å². The van der Waals surface area contributed by atoms with Crippen molar-refractivity contribution in [3.8, 4) is 0 Å². The first-order chi connectivity index (χ1) is 14.3. The molecule has 1 N–H and O–H groups in total. The molecule has 0 fully saturated rings.